The van der Waals surface area contributed by atoms with Crippen LogP contribution in [0.15, 0.2) is 59.8 Å². The van der Waals surface area contributed by atoms with Gasteiger partial charge in [-0.05, 0) is 18.6 Å². The lowest BCUT2D eigenvalue weighted by Gasteiger charge is -2.13. The predicted octanol–water partition coefficient (Wildman–Crippen LogP) is 4.33. The number of nitrogens with zero attached hydrogens (tertiary/aromatic N) is 1. The summed E-state index contributed by atoms with van der Waals surface area (Å²) in [4.78, 5) is 5.50. The second-order valence-electron chi connectivity index (χ2n) is 5.32. The van der Waals surface area contributed by atoms with E-state index in [0.29, 0.717) is 19.2 Å². The smallest absolute Gasteiger partial charge is 0.222 e. The Hall–Kier alpha value is -2.53. The minimum atomic E-state index is -0.125. The number of methoxy groups -OCH3 is 1. The Bertz CT molecular complexity index is 644. The summed E-state index contributed by atoms with van der Waals surface area (Å²) in [6, 6.07) is 17.9. The number of oxime groups is 1. The van der Waals surface area contributed by atoms with Crippen molar-refractivity contribution < 1.29 is 14.3 Å². The molecular weight excluding hydrogens is 304 g/mol. The van der Waals surface area contributed by atoms with Crippen molar-refractivity contribution in [3.8, 4) is 0 Å². The maximum absolute atomic E-state index is 5.68. The van der Waals surface area contributed by atoms with Crippen LogP contribution in [0.5, 0.6) is 0 Å². The molecule has 128 valence electrons. The first-order valence-corrected chi connectivity index (χ1v) is 7.89. The highest BCUT2D eigenvalue weighted by Crippen LogP contribution is 2.18. The van der Waals surface area contributed by atoms with E-state index in [1.807, 2.05) is 61.5 Å². The van der Waals surface area contributed by atoms with E-state index < -0.39 is 0 Å². The number of para-hydroxylation sites is 1. The number of ether oxygens (including phenoxy) is 2. The SMILES string of the molecule is COCNc1ccccc1CO/C(C)=N/OC(C)c1ccccc1. The van der Waals surface area contributed by atoms with Gasteiger partial charge in [0.15, 0.2) is 0 Å². The van der Waals surface area contributed by atoms with Gasteiger partial charge < -0.3 is 19.6 Å². The van der Waals surface area contributed by atoms with Crippen LogP contribution in [0.3, 0.4) is 0 Å². The molecule has 0 aliphatic rings. The Balaban J connectivity index is 1.87. The highest BCUT2D eigenvalue weighted by atomic mass is 16.7. The number of benzene rings is 2. The Morgan fingerprint density at radius 1 is 1.08 bits per heavy atom. The molecule has 0 bridgehead atoms. The maximum Gasteiger partial charge on any atom is 0.222 e. The summed E-state index contributed by atoms with van der Waals surface area (Å²) in [5.74, 6) is 0.485. The Morgan fingerprint density at radius 3 is 2.54 bits per heavy atom. The number of hydrogen-bond donors (Lipinski definition) is 1. The van der Waals surface area contributed by atoms with Gasteiger partial charge in [0.25, 0.3) is 0 Å². The van der Waals surface area contributed by atoms with Crippen molar-refractivity contribution in [1.29, 1.82) is 0 Å². The van der Waals surface area contributed by atoms with E-state index in [4.69, 9.17) is 14.3 Å². The van der Waals surface area contributed by atoms with Crippen LogP contribution in [0.25, 0.3) is 0 Å². The first-order valence-electron chi connectivity index (χ1n) is 7.89. The van der Waals surface area contributed by atoms with Crippen molar-refractivity contribution in [2.75, 3.05) is 19.2 Å². The molecule has 0 spiro atoms. The summed E-state index contributed by atoms with van der Waals surface area (Å²) < 4.78 is 10.7. The van der Waals surface area contributed by atoms with E-state index in [0.717, 1.165) is 16.8 Å². The predicted molar refractivity (Wildman–Crippen MR) is 95.8 cm³/mol. The molecule has 5 heteroatoms. The molecule has 2 aromatic rings. The van der Waals surface area contributed by atoms with Crippen LogP contribution in [0.2, 0.25) is 0 Å². The number of nitrogens with one attached hydrogen (secondary N) is 1. The van der Waals surface area contributed by atoms with Gasteiger partial charge in [-0.3, -0.25) is 0 Å². The standard InChI is InChI=1S/C19H24N2O3/c1-15(17-9-5-4-6-10-17)24-21-16(2)23-13-18-11-7-8-12-19(18)20-14-22-3/h4-12,15,20H,13-14H2,1-3H3/b21-16+. The summed E-state index contributed by atoms with van der Waals surface area (Å²) in [5.41, 5.74) is 3.08. The highest BCUT2D eigenvalue weighted by molar-refractivity contribution is 5.72. The van der Waals surface area contributed by atoms with Gasteiger partial charge in [-0.25, -0.2) is 0 Å². The van der Waals surface area contributed by atoms with Crippen LogP contribution in [0.4, 0.5) is 5.69 Å². The van der Waals surface area contributed by atoms with Gasteiger partial charge >= 0.3 is 0 Å². The van der Waals surface area contributed by atoms with Crippen molar-refractivity contribution >= 4 is 11.6 Å². The number of hydrogen-bond acceptors (Lipinski definition) is 5. The fraction of sp³-hybridized carbons (Fsp3) is 0.316. The van der Waals surface area contributed by atoms with Crippen LogP contribution in [0, 0.1) is 0 Å². The van der Waals surface area contributed by atoms with E-state index in [1.54, 1.807) is 14.0 Å². The second kappa shape index (κ2) is 9.57. The highest BCUT2D eigenvalue weighted by Gasteiger charge is 2.06. The molecule has 0 amide bonds. The molecule has 0 fully saturated rings. The fourth-order valence-electron chi connectivity index (χ4n) is 2.12. The van der Waals surface area contributed by atoms with Gasteiger partial charge in [0.05, 0.1) is 0 Å². The molecule has 0 radical (unpaired) electrons. The lowest BCUT2D eigenvalue weighted by Crippen LogP contribution is -2.08. The molecule has 0 aliphatic heterocycles. The van der Waals surface area contributed by atoms with Crippen molar-refractivity contribution in [3.05, 3.63) is 65.7 Å². The molecule has 1 unspecified atom stereocenters. The first-order chi connectivity index (χ1) is 11.7. The largest absolute Gasteiger partial charge is 0.474 e. The van der Waals surface area contributed by atoms with Gasteiger partial charge in [0.2, 0.25) is 5.90 Å². The first kappa shape index (κ1) is 17.8. The second-order valence-corrected chi connectivity index (χ2v) is 5.32. The van der Waals surface area contributed by atoms with E-state index in [1.165, 1.54) is 0 Å². The van der Waals surface area contributed by atoms with E-state index in [2.05, 4.69) is 10.5 Å². The molecule has 2 aromatic carbocycles. The summed E-state index contributed by atoms with van der Waals surface area (Å²) in [6.07, 6.45) is -0.125. The molecule has 2 rings (SSSR count). The zero-order valence-electron chi connectivity index (χ0n) is 14.4. The van der Waals surface area contributed by atoms with Gasteiger partial charge in [-0.2, -0.15) is 0 Å². The van der Waals surface area contributed by atoms with Crippen LogP contribution in [-0.2, 0) is 20.9 Å². The summed E-state index contributed by atoms with van der Waals surface area (Å²) in [5, 5.41) is 7.24. The average molecular weight is 328 g/mol. The normalized spacial score (nSPS) is 12.5. The lowest BCUT2D eigenvalue weighted by atomic mass is 10.1. The van der Waals surface area contributed by atoms with Crippen LogP contribution >= 0.6 is 0 Å². The molecule has 24 heavy (non-hydrogen) atoms. The Kier molecular flexibility index (Phi) is 7.11. The number of rotatable bonds is 8. The molecular formula is C19H24N2O3. The van der Waals surface area contributed by atoms with E-state index in [9.17, 15) is 0 Å². The molecule has 0 saturated carbocycles. The lowest BCUT2D eigenvalue weighted by molar-refractivity contribution is 0.0639. The third-order valence-corrected chi connectivity index (χ3v) is 3.47. The summed E-state index contributed by atoms with van der Waals surface area (Å²) in [7, 11) is 1.65. The third-order valence-electron chi connectivity index (χ3n) is 3.47. The molecule has 0 heterocycles. The molecule has 0 aliphatic carbocycles. The zero-order chi connectivity index (χ0) is 17.2. The van der Waals surface area contributed by atoms with Crippen molar-refractivity contribution in [3.63, 3.8) is 0 Å². The number of anilines is 1. The van der Waals surface area contributed by atoms with Gasteiger partial charge in [0, 0.05) is 25.3 Å². The minimum Gasteiger partial charge on any atom is -0.474 e. The van der Waals surface area contributed by atoms with Crippen molar-refractivity contribution in [2.45, 2.75) is 26.6 Å². The third kappa shape index (κ3) is 5.59. The van der Waals surface area contributed by atoms with Crippen molar-refractivity contribution in [2.24, 2.45) is 5.16 Å². The van der Waals surface area contributed by atoms with Crippen LogP contribution < -0.4 is 5.32 Å². The molecule has 0 saturated heterocycles. The molecule has 1 atom stereocenters. The van der Waals surface area contributed by atoms with Gasteiger partial charge in [0.1, 0.15) is 19.4 Å². The average Bonchev–Trinajstić information content (AvgIpc) is 2.64. The zero-order valence-corrected chi connectivity index (χ0v) is 14.4. The van der Waals surface area contributed by atoms with Gasteiger partial charge in [-0.15, -0.1) is 0 Å². The topological polar surface area (TPSA) is 52.1 Å². The van der Waals surface area contributed by atoms with Crippen molar-refractivity contribution in [1.82, 2.24) is 0 Å². The molecule has 5 nitrogen and oxygen atoms in total. The monoisotopic (exact) mass is 328 g/mol. The minimum absolute atomic E-state index is 0.125. The van der Waals surface area contributed by atoms with E-state index in [-0.39, 0.29) is 6.10 Å². The molecule has 1 N–H and O–H groups in total. The van der Waals surface area contributed by atoms with Gasteiger partial charge in [-0.1, -0.05) is 53.7 Å². The Morgan fingerprint density at radius 2 is 1.79 bits per heavy atom. The maximum atomic E-state index is 5.68. The fourth-order valence-corrected chi connectivity index (χ4v) is 2.12. The summed E-state index contributed by atoms with van der Waals surface area (Å²) >= 11 is 0. The van der Waals surface area contributed by atoms with E-state index >= 15 is 0 Å². The van der Waals surface area contributed by atoms with Crippen LogP contribution in [0.1, 0.15) is 31.1 Å². The Labute approximate surface area is 143 Å². The van der Waals surface area contributed by atoms with Crippen LogP contribution in [-0.4, -0.2) is 19.7 Å². The summed E-state index contributed by atoms with van der Waals surface area (Å²) in [6.45, 7) is 4.59. The molecule has 0 aromatic heterocycles. The quantitative estimate of drug-likeness (QED) is 0.339.